The fraction of sp³-hybridized carbons (Fsp3) is 0.619. The molecule has 0 bridgehead atoms. The number of anilines is 1. The Labute approximate surface area is 177 Å². The van der Waals surface area contributed by atoms with Crippen molar-refractivity contribution in [3.8, 4) is 0 Å². The van der Waals surface area contributed by atoms with Gasteiger partial charge in [-0.1, -0.05) is 43.0 Å². The average Bonchev–Trinajstić information content (AvgIpc) is 2.74. The maximum atomic E-state index is 13.0. The van der Waals surface area contributed by atoms with Crippen LogP contribution < -0.4 is 20.9 Å². The number of carbonyl (C=O) groups excluding carboxylic acids is 2. The molecule has 1 aliphatic heterocycles. The highest BCUT2D eigenvalue weighted by atomic mass is 35.5. The van der Waals surface area contributed by atoms with Gasteiger partial charge in [-0.2, -0.15) is 0 Å². The lowest BCUT2D eigenvalue weighted by Gasteiger charge is -2.36. The number of urea groups is 1. The molecule has 160 valence electrons. The van der Waals surface area contributed by atoms with Gasteiger partial charge in [-0.15, -0.1) is 0 Å². The summed E-state index contributed by atoms with van der Waals surface area (Å²) in [5.41, 5.74) is -0.318. The summed E-state index contributed by atoms with van der Waals surface area (Å²) in [7, 11) is 0. The maximum Gasteiger partial charge on any atom is 0.320 e. The Kier molecular flexibility index (Phi) is 8.15. The van der Waals surface area contributed by atoms with Crippen LogP contribution in [0.5, 0.6) is 0 Å². The Balaban J connectivity index is 1.52. The van der Waals surface area contributed by atoms with Gasteiger partial charge in [0.15, 0.2) is 0 Å². The number of nitrogens with one attached hydrogen (secondary N) is 4. The van der Waals surface area contributed by atoms with Crippen LogP contribution in [-0.4, -0.2) is 56.9 Å². The fourth-order valence-corrected chi connectivity index (χ4v) is 4.30. The number of amides is 3. The number of rotatable bonds is 7. The molecule has 0 radical (unpaired) electrons. The number of para-hydroxylation sites is 1. The van der Waals surface area contributed by atoms with Crippen molar-refractivity contribution in [2.75, 3.05) is 44.7 Å². The van der Waals surface area contributed by atoms with Crippen LogP contribution in [-0.2, 0) is 9.53 Å². The normalized spacial score (nSPS) is 19.3. The van der Waals surface area contributed by atoms with Gasteiger partial charge in [-0.3, -0.25) is 4.79 Å². The number of morpholine rings is 1. The van der Waals surface area contributed by atoms with Crippen LogP contribution in [0.25, 0.3) is 0 Å². The Morgan fingerprint density at radius 1 is 1.10 bits per heavy atom. The molecule has 8 heteroatoms. The Morgan fingerprint density at radius 3 is 2.55 bits per heavy atom. The molecule has 29 heavy (non-hydrogen) atoms. The number of carbonyl (C=O) groups is 2. The summed E-state index contributed by atoms with van der Waals surface area (Å²) in [6.07, 6.45) is 5.18. The van der Waals surface area contributed by atoms with Crippen molar-refractivity contribution in [3.63, 3.8) is 0 Å². The van der Waals surface area contributed by atoms with Crippen LogP contribution >= 0.6 is 11.6 Å². The molecular formula is C21H32ClN4O3+. The standard InChI is InChI=1S/C21H31ClN4O3/c22-17-7-2-3-8-18(17)24-20(28)25-21(9-4-1-5-10-21)19(27)23-11-6-12-26-13-15-29-16-14-26/h2-3,7-8H,1,4-6,9-16H2,(H,23,27)(H2,24,25,28)/p+1. The molecule has 4 N–H and O–H groups in total. The van der Waals surface area contributed by atoms with Gasteiger partial charge < -0.3 is 25.6 Å². The lowest BCUT2D eigenvalue weighted by Crippen LogP contribution is -3.14. The number of ether oxygens (including phenoxy) is 1. The molecule has 2 aliphatic rings. The highest BCUT2D eigenvalue weighted by molar-refractivity contribution is 6.33. The largest absolute Gasteiger partial charge is 0.370 e. The molecule has 1 aliphatic carbocycles. The molecule has 3 rings (SSSR count). The summed E-state index contributed by atoms with van der Waals surface area (Å²) in [4.78, 5) is 27.1. The van der Waals surface area contributed by atoms with Crippen molar-refractivity contribution in [2.45, 2.75) is 44.1 Å². The molecule has 1 aromatic rings. The SMILES string of the molecule is O=C(Nc1ccccc1Cl)NC1(C(=O)NCCC[NH+]2CCOCC2)CCCCC1. The van der Waals surface area contributed by atoms with Gasteiger partial charge >= 0.3 is 6.03 Å². The third-order valence-electron chi connectivity index (χ3n) is 5.81. The number of hydrogen-bond acceptors (Lipinski definition) is 3. The lowest BCUT2D eigenvalue weighted by molar-refractivity contribution is -0.908. The number of benzene rings is 1. The van der Waals surface area contributed by atoms with Crippen LogP contribution in [0, 0.1) is 0 Å². The van der Waals surface area contributed by atoms with Gasteiger partial charge in [0, 0.05) is 13.0 Å². The number of hydrogen-bond donors (Lipinski definition) is 4. The summed E-state index contributed by atoms with van der Waals surface area (Å²) in [5, 5.41) is 9.26. The summed E-state index contributed by atoms with van der Waals surface area (Å²) < 4.78 is 5.38. The maximum absolute atomic E-state index is 13.0. The summed E-state index contributed by atoms with van der Waals surface area (Å²) in [5.74, 6) is -0.0801. The quantitative estimate of drug-likeness (QED) is 0.502. The minimum absolute atomic E-state index is 0.0801. The highest BCUT2D eigenvalue weighted by Crippen LogP contribution is 2.29. The zero-order chi connectivity index (χ0) is 20.5. The Bertz CT molecular complexity index is 688. The summed E-state index contributed by atoms with van der Waals surface area (Å²) in [6.45, 7) is 5.34. The second kappa shape index (κ2) is 10.8. The van der Waals surface area contributed by atoms with Crippen LogP contribution in [0.1, 0.15) is 38.5 Å². The molecule has 7 nitrogen and oxygen atoms in total. The van der Waals surface area contributed by atoms with Crippen LogP contribution in [0.4, 0.5) is 10.5 Å². The molecule has 1 saturated heterocycles. The van der Waals surface area contributed by atoms with Gasteiger partial charge in [0.25, 0.3) is 0 Å². The van der Waals surface area contributed by atoms with Crippen molar-refractivity contribution >= 4 is 29.2 Å². The van der Waals surface area contributed by atoms with Crippen LogP contribution in [0.15, 0.2) is 24.3 Å². The Hall–Kier alpha value is -1.83. The van der Waals surface area contributed by atoms with E-state index in [9.17, 15) is 9.59 Å². The molecule has 1 aromatic carbocycles. The second-order valence-corrected chi connectivity index (χ2v) is 8.33. The van der Waals surface area contributed by atoms with Crippen molar-refractivity contribution in [3.05, 3.63) is 29.3 Å². The van der Waals surface area contributed by atoms with E-state index in [4.69, 9.17) is 16.3 Å². The molecule has 0 atom stereocenters. The van der Waals surface area contributed by atoms with E-state index in [1.807, 2.05) is 0 Å². The highest BCUT2D eigenvalue weighted by Gasteiger charge is 2.40. The van der Waals surface area contributed by atoms with E-state index >= 15 is 0 Å². The zero-order valence-electron chi connectivity index (χ0n) is 16.9. The van der Waals surface area contributed by atoms with Gasteiger partial charge in [0.1, 0.15) is 18.6 Å². The van der Waals surface area contributed by atoms with Crippen LogP contribution in [0.2, 0.25) is 5.02 Å². The average molecular weight is 424 g/mol. The van der Waals surface area contributed by atoms with Gasteiger partial charge in [-0.25, -0.2) is 4.79 Å². The van der Waals surface area contributed by atoms with E-state index in [0.29, 0.717) is 30.1 Å². The van der Waals surface area contributed by atoms with Crippen LogP contribution in [0.3, 0.4) is 0 Å². The van der Waals surface area contributed by atoms with E-state index in [1.165, 1.54) is 4.90 Å². The third kappa shape index (κ3) is 6.32. The molecule has 1 saturated carbocycles. The minimum atomic E-state index is -0.852. The zero-order valence-corrected chi connectivity index (χ0v) is 17.7. The number of quaternary nitrogens is 1. The van der Waals surface area contributed by atoms with E-state index in [2.05, 4.69) is 16.0 Å². The first kappa shape index (κ1) is 21.9. The molecule has 1 heterocycles. The summed E-state index contributed by atoms with van der Waals surface area (Å²) >= 11 is 6.13. The molecule has 0 spiro atoms. The first-order valence-corrected chi connectivity index (χ1v) is 11.0. The van der Waals surface area contributed by atoms with Gasteiger partial charge in [-0.05, 0) is 25.0 Å². The Morgan fingerprint density at radius 2 is 1.83 bits per heavy atom. The van der Waals surface area contributed by atoms with Gasteiger partial charge in [0.2, 0.25) is 5.91 Å². The van der Waals surface area contributed by atoms with Crippen molar-refractivity contribution in [2.24, 2.45) is 0 Å². The topological polar surface area (TPSA) is 83.9 Å². The summed E-state index contributed by atoms with van der Waals surface area (Å²) in [6, 6.07) is 6.68. The van der Waals surface area contributed by atoms with Crippen molar-refractivity contribution < 1.29 is 19.2 Å². The predicted octanol–water partition coefficient (Wildman–Crippen LogP) is 1.59. The molecule has 0 aromatic heterocycles. The number of halogens is 1. The van der Waals surface area contributed by atoms with Crippen molar-refractivity contribution in [1.29, 1.82) is 0 Å². The van der Waals surface area contributed by atoms with E-state index in [0.717, 1.165) is 58.5 Å². The first-order chi connectivity index (χ1) is 14.1. The lowest BCUT2D eigenvalue weighted by atomic mass is 9.81. The first-order valence-electron chi connectivity index (χ1n) is 10.6. The van der Waals surface area contributed by atoms with Crippen molar-refractivity contribution in [1.82, 2.24) is 10.6 Å². The minimum Gasteiger partial charge on any atom is -0.370 e. The smallest absolute Gasteiger partial charge is 0.320 e. The molecular weight excluding hydrogens is 392 g/mol. The van der Waals surface area contributed by atoms with Gasteiger partial charge in [0.05, 0.1) is 30.5 Å². The molecule has 2 fully saturated rings. The van der Waals surface area contributed by atoms with E-state index in [-0.39, 0.29) is 5.91 Å². The molecule has 0 unspecified atom stereocenters. The fourth-order valence-electron chi connectivity index (χ4n) is 4.12. The van der Waals surface area contributed by atoms with E-state index in [1.54, 1.807) is 24.3 Å². The van der Waals surface area contributed by atoms with E-state index < -0.39 is 11.6 Å². The predicted molar refractivity (Wildman–Crippen MR) is 113 cm³/mol. The monoisotopic (exact) mass is 423 g/mol. The second-order valence-electron chi connectivity index (χ2n) is 7.92. The molecule has 3 amide bonds. The third-order valence-corrected chi connectivity index (χ3v) is 6.14.